The van der Waals surface area contributed by atoms with E-state index in [-0.39, 0.29) is 0 Å². The summed E-state index contributed by atoms with van der Waals surface area (Å²) in [5, 5.41) is 0. The first-order valence-electron chi connectivity index (χ1n) is 6.68. The molecule has 1 saturated heterocycles. The quantitative estimate of drug-likeness (QED) is 0.631. The van der Waals surface area contributed by atoms with Gasteiger partial charge in [-0.05, 0) is 51.2 Å². The topological polar surface area (TPSA) is 78.7 Å². The van der Waals surface area contributed by atoms with Gasteiger partial charge in [0.15, 0.2) is 0 Å². The molecule has 1 aliphatic rings. The van der Waals surface area contributed by atoms with Crippen LogP contribution in [0.4, 0.5) is 5.69 Å². The second-order valence-corrected chi connectivity index (χ2v) is 7.21. The van der Waals surface area contributed by atoms with E-state index in [0.29, 0.717) is 29.7 Å². The molecule has 1 heterocycles. The lowest BCUT2D eigenvalue weighted by Crippen LogP contribution is -2.44. The van der Waals surface area contributed by atoms with Crippen LogP contribution < -0.4 is 11.3 Å². The Morgan fingerprint density at radius 1 is 1.20 bits per heavy atom. The molecule has 112 valence electrons. The maximum absolute atomic E-state index is 12.5. The Morgan fingerprint density at radius 2 is 1.75 bits per heavy atom. The molecule has 1 aromatic carbocycles. The van der Waals surface area contributed by atoms with E-state index in [1.807, 2.05) is 14.1 Å². The van der Waals surface area contributed by atoms with Crippen LogP contribution in [0.2, 0.25) is 0 Å². The van der Waals surface area contributed by atoms with Crippen molar-refractivity contribution >= 4 is 15.7 Å². The molecule has 0 bridgehead atoms. The van der Waals surface area contributed by atoms with Crippen molar-refractivity contribution in [2.45, 2.75) is 23.8 Å². The maximum atomic E-state index is 12.5. The number of nitrogens with two attached hydrogens (primary N) is 1. The lowest BCUT2D eigenvalue weighted by atomic mass is 10.1. The number of nitrogens with one attached hydrogen (secondary N) is 1. The Bertz CT molecular complexity index is 534. The van der Waals surface area contributed by atoms with Crippen molar-refractivity contribution in [3.05, 3.63) is 24.3 Å². The number of hydrogen-bond acceptors (Lipinski definition) is 5. The number of sulfonamides is 1. The van der Waals surface area contributed by atoms with Gasteiger partial charge in [0.05, 0.1) is 4.90 Å². The van der Waals surface area contributed by atoms with Gasteiger partial charge in [-0.25, -0.2) is 8.42 Å². The third-order valence-electron chi connectivity index (χ3n) is 3.81. The van der Waals surface area contributed by atoms with Crippen molar-refractivity contribution in [2.75, 3.05) is 32.6 Å². The highest BCUT2D eigenvalue weighted by atomic mass is 32.2. The number of benzene rings is 1. The fourth-order valence-electron chi connectivity index (χ4n) is 2.47. The molecule has 1 aliphatic heterocycles. The highest BCUT2D eigenvalue weighted by Gasteiger charge is 2.29. The van der Waals surface area contributed by atoms with E-state index in [9.17, 15) is 8.42 Å². The molecule has 2 rings (SSSR count). The Morgan fingerprint density at radius 3 is 2.20 bits per heavy atom. The molecule has 0 atom stereocenters. The molecule has 0 aromatic heterocycles. The van der Waals surface area contributed by atoms with Gasteiger partial charge in [-0.3, -0.25) is 5.84 Å². The van der Waals surface area contributed by atoms with E-state index in [2.05, 4.69) is 10.3 Å². The largest absolute Gasteiger partial charge is 0.324 e. The van der Waals surface area contributed by atoms with Gasteiger partial charge in [-0.1, -0.05) is 0 Å². The van der Waals surface area contributed by atoms with E-state index < -0.39 is 10.0 Å². The van der Waals surface area contributed by atoms with Gasteiger partial charge in [-0.15, -0.1) is 0 Å². The summed E-state index contributed by atoms with van der Waals surface area (Å²) in [6.45, 7) is 1.14. The molecule has 0 amide bonds. The number of hydrazine groups is 1. The highest BCUT2D eigenvalue weighted by Crippen LogP contribution is 2.23. The minimum absolute atomic E-state index is 0.319. The van der Waals surface area contributed by atoms with Crippen LogP contribution in [-0.4, -0.2) is 50.8 Å². The predicted octanol–water partition coefficient (Wildman–Crippen LogP) is 0.687. The van der Waals surface area contributed by atoms with Crippen LogP contribution in [0, 0.1) is 0 Å². The molecule has 1 aromatic rings. The van der Waals surface area contributed by atoms with Crippen molar-refractivity contribution in [1.29, 1.82) is 0 Å². The zero-order valence-electron chi connectivity index (χ0n) is 11.9. The summed E-state index contributed by atoms with van der Waals surface area (Å²) >= 11 is 0. The third-order valence-corrected chi connectivity index (χ3v) is 5.73. The van der Waals surface area contributed by atoms with Gasteiger partial charge < -0.3 is 10.3 Å². The summed E-state index contributed by atoms with van der Waals surface area (Å²) in [7, 11) is 0.680. The average Bonchev–Trinajstić information content (AvgIpc) is 2.47. The van der Waals surface area contributed by atoms with Crippen molar-refractivity contribution in [3.8, 4) is 0 Å². The summed E-state index contributed by atoms with van der Waals surface area (Å²) in [6, 6.07) is 6.97. The Balaban J connectivity index is 2.11. The molecule has 0 unspecified atom stereocenters. The van der Waals surface area contributed by atoms with Gasteiger partial charge in [0, 0.05) is 24.8 Å². The molecule has 7 heteroatoms. The van der Waals surface area contributed by atoms with Crippen LogP contribution in [0.15, 0.2) is 29.2 Å². The van der Waals surface area contributed by atoms with E-state index in [0.717, 1.165) is 12.8 Å². The average molecular weight is 298 g/mol. The Kier molecular flexibility index (Phi) is 4.64. The maximum Gasteiger partial charge on any atom is 0.243 e. The molecule has 1 fully saturated rings. The normalized spacial score (nSPS) is 18.4. The number of nitrogen functional groups attached to an aromatic ring is 1. The van der Waals surface area contributed by atoms with Crippen LogP contribution >= 0.6 is 0 Å². The zero-order valence-corrected chi connectivity index (χ0v) is 12.7. The molecular formula is C13H22N4O2S. The van der Waals surface area contributed by atoms with E-state index in [1.165, 1.54) is 0 Å². The summed E-state index contributed by atoms with van der Waals surface area (Å²) in [5.41, 5.74) is 3.18. The Hall–Kier alpha value is -1.15. The van der Waals surface area contributed by atoms with Crippen LogP contribution in [0.25, 0.3) is 0 Å². The van der Waals surface area contributed by atoms with E-state index in [1.54, 1.807) is 28.6 Å². The number of hydrogen-bond donors (Lipinski definition) is 2. The SMILES string of the molecule is CN(C)C1CCN(S(=O)(=O)c2ccc(NN)cc2)CC1. The number of anilines is 1. The summed E-state index contributed by atoms with van der Waals surface area (Å²) < 4.78 is 26.6. The minimum atomic E-state index is -3.39. The summed E-state index contributed by atoms with van der Waals surface area (Å²) in [5.74, 6) is 5.28. The fourth-order valence-corrected chi connectivity index (χ4v) is 3.94. The molecular weight excluding hydrogens is 276 g/mol. The highest BCUT2D eigenvalue weighted by molar-refractivity contribution is 7.89. The zero-order chi connectivity index (χ0) is 14.8. The molecule has 0 radical (unpaired) electrons. The molecule has 0 aliphatic carbocycles. The number of nitrogens with zero attached hydrogens (tertiary/aromatic N) is 2. The van der Waals surface area contributed by atoms with E-state index in [4.69, 9.17) is 5.84 Å². The second-order valence-electron chi connectivity index (χ2n) is 5.27. The summed E-state index contributed by atoms with van der Waals surface area (Å²) in [6.07, 6.45) is 1.74. The van der Waals surface area contributed by atoms with Crippen molar-refractivity contribution < 1.29 is 8.42 Å². The first kappa shape index (κ1) is 15.2. The van der Waals surface area contributed by atoms with Gasteiger partial charge in [0.2, 0.25) is 10.0 Å². The molecule has 3 N–H and O–H groups in total. The predicted molar refractivity (Wildman–Crippen MR) is 79.7 cm³/mol. The van der Waals surface area contributed by atoms with Crippen molar-refractivity contribution in [2.24, 2.45) is 5.84 Å². The van der Waals surface area contributed by atoms with Crippen LogP contribution in [-0.2, 0) is 10.0 Å². The lowest BCUT2D eigenvalue weighted by molar-refractivity contribution is 0.196. The first-order chi connectivity index (χ1) is 9.45. The number of rotatable bonds is 4. The molecule has 0 saturated carbocycles. The smallest absolute Gasteiger partial charge is 0.243 e. The fraction of sp³-hybridized carbons (Fsp3) is 0.538. The summed E-state index contributed by atoms with van der Waals surface area (Å²) in [4.78, 5) is 2.48. The Labute approximate surface area is 120 Å². The monoisotopic (exact) mass is 298 g/mol. The third kappa shape index (κ3) is 3.12. The van der Waals surface area contributed by atoms with Crippen LogP contribution in [0.1, 0.15) is 12.8 Å². The van der Waals surface area contributed by atoms with E-state index >= 15 is 0 Å². The van der Waals surface area contributed by atoms with Crippen LogP contribution in [0.5, 0.6) is 0 Å². The molecule has 0 spiro atoms. The number of piperidine rings is 1. The second kappa shape index (κ2) is 6.09. The minimum Gasteiger partial charge on any atom is -0.324 e. The molecule has 20 heavy (non-hydrogen) atoms. The van der Waals surface area contributed by atoms with Crippen molar-refractivity contribution in [1.82, 2.24) is 9.21 Å². The van der Waals surface area contributed by atoms with Crippen LogP contribution in [0.3, 0.4) is 0 Å². The van der Waals surface area contributed by atoms with Crippen molar-refractivity contribution in [3.63, 3.8) is 0 Å². The molecule has 6 nitrogen and oxygen atoms in total. The van der Waals surface area contributed by atoms with Gasteiger partial charge in [-0.2, -0.15) is 4.31 Å². The standard InChI is InChI=1S/C13H22N4O2S/c1-16(2)12-7-9-17(10-8-12)20(18,19)13-5-3-11(15-14)4-6-13/h3-6,12,15H,7-10,14H2,1-2H3. The first-order valence-corrected chi connectivity index (χ1v) is 8.12. The van der Waals surface area contributed by atoms with Gasteiger partial charge in [0.1, 0.15) is 0 Å². The van der Waals surface area contributed by atoms with Gasteiger partial charge in [0.25, 0.3) is 0 Å². The lowest BCUT2D eigenvalue weighted by Gasteiger charge is -2.34. The van der Waals surface area contributed by atoms with Gasteiger partial charge >= 0.3 is 0 Å².